The minimum atomic E-state index is -3.16. The number of likely N-dealkylation sites (tertiary alicyclic amines) is 1. The van der Waals surface area contributed by atoms with E-state index in [1.165, 1.54) is 18.6 Å². The van der Waals surface area contributed by atoms with Gasteiger partial charge in [0.1, 0.15) is 17.8 Å². The van der Waals surface area contributed by atoms with Crippen LogP contribution in [0.3, 0.4) is 0 Å². The molecule has 0 aliphatic carbocycles. The lowest BCUT2D eigenvalue weighted by Gasteiger charge is -2.34. The topological polar surface area (TPSA) is 82.6 Å². The third-order valence-corrected chi connectivity index (χ3v) is 5.25. The van der Waals surface area contributed by atoms with Gasteiger partial charge in [-0.3, -0.25) is 15.0 Å². The molecule has 2 N–H and O–H groups in total. The van der Waals surface area contributed by atoms with Crippen LogP contribution in [-0.4, -0.2) is 55.7 Å². The fourth-order valence-electron chi connectivity index (χ4n) is 3.35. The number of hydrogen-bond acceptors (Lipinski definition) is 6. The second kappa shape index (κ2) is 8.91. The molecule has 1 aliphatic heterocycles. The van der Waals surface area contributed by atoms with Crippen LogP contribution in [0.2, 0.25) is 10.0 Å². The first-order valence-electron chi connectivity index (χ1n) is 8.75. The van der Waals surface area contributed by atoms with Crippen LogP contribution in [-0.2, 0) is 5.92 Å². The number of H-pyrrole nitrogens is 1. The summed E-state index contributed by atoms with van der Waals surface area (Å²) in [5.74, 6) is -2.46. The Morgan fingerprint density at radius 2 is 1.93 bits per heavy atom. The molecule has 4 heterocycles. The van der Waals surface area contributed by atoms with Crippen molar-refractivity contribution in [1.82, 2.24) is 30.0 Å². The smallest absolute Gasteiger partial charge is 0.303 e. The van der Waals surface area contributed by atoms with E-state index in [1.807, 2.05) is 0 Å². The van der Waals surface area contributed by atoms with E-state index in [1.54, 1.807) is 11.1 Å². The van der Waals surface area contributed by atoms with Gasteiger partial charge in [0.15, 0.2) is 5.65 Å². The molecule has 156 valence electrons. The molecule has 0 unspecified atom stereocenters. The van der Waals surface area contributed by atoms with Gasteiger partial charge in [-0.25, -0.2) is 9.97 Å². The molecule has 4 rings (SSSR count). The summed E-state index contributed by atoms with van der Waals surface area (Å²) in [6.45, 7) is 0.615. The van der Waals surface area contributed by atoms with E-state index >= 15 is 0 Å². The quantitative estimate of drug-likeness (QED) is 0.590. The van der Waals surface area contributed by atoms with Crippen LogP contribution in [0.4, 0.5) is 14.6 Å². The summed E-state index contributed by atoms with van der Waals surface area (Å²) in [4.78, 5) is 13.8. The van der Waals surface area contributed by atoms with Crippen molar-refractivity contribution in [3.8, 4) is 0 Å². The van der Waals surface area contributed by atoms with Crippen molar-refractivity contribution in [2.75, 3.05) is 25.0 Å². The summed E-state index contributed by atoms with van der Waals surface area (Å²) < 4.78 is 29.3. The first kappa shape index (κ1) is 21.9. The predicted octanol–water partition coefficient (Wildman–Crippen LogP) is 4.14. The summed E-state index contributed by atoms with van der Waals surface area (Å²) in [5.41, 5.74) is 0.212. The minimum absolute atomic E-state index is 0. The molecule has 0 atom stereocenters. The van der Waals surface area contributed by atoms with Crippen molar-refractivity contribution in [3.63, 3.8) is 0 Å². The molecule has 1 aliphatic rings. The largest absolute Gasteiger partial charge is 0.367 e. The molecule has 0 saturated carbocycles. The highest BCUT2D eigenvalue weighted by atomic mass is 35.5. The number of rotatable bonds is 5. The number of nitrogens with one attached hydrogen (secondary N) is 2. The molecule has 7 nitrogen and oxygen atoms in total. The Morgan fingerprint density at radius 1 is 1.17 bits per heavy atom. The Morgan fingerprint density at radius 3 is 2.66 bits per heavy atom. The summed E-state index contributed by atoms with van der Waals surface area (Å²) in [6, 6.07) is 1.42. The summed E-state index contributed by atoms with van der Waals surface area (Å²) >= 11 is 11.7. The average Bonchev–Trinajstić information content (AvgIpc) is 3.12. The zero-order valence-corrected chi connectivity index (χ0v) is 17.4. The maximum atomic E-state index is 14.6. The van der Waals surface area contributed by atoms with Crippen LogP contribution in [0.5, 0.6) is 0 Å². The highest BCUT2D eigenvalue weighted by Gasteiger charge is 2.38. The average molecular weight is 465 g/mol. The second-order valence-electron chi connectivity index (χ2n) is 6.74. The molecule has 0 radical (unpaired) electrons. The molecule has 3 aromatic rings. The van der Waals surface area contributed by atoms with Gasteiger partial charge >= 0.3 is 5.92 Å². The second-order valence-corrected chi connectivity index (χ2v) is 7.58. The van der Waals surface area contributed by atoms with Gasteiger partial charge < -0.3 is 5.32 Å². The van der Waals surface area contributed by atoms with Crippen molar-refractivity contribution >= 4 is 52.5 Å². The number of piperidine rings is 1. The summed E-state index contributed by atoms with van der Waals surface area (Å²) in [5, 5.41) is 11.0. The Labute approximate surface area is 181 Å². The fourth-order valence-corrected chi connectivity index (χ4v) is 3.87. The molecule has 0 bridgehead atoms. The lowest BCUT2D eigenvalue weighted by atomic mass is 10.0. The van der Waals surface area contributed by atoms with Crippen molar-refractivity contribution in [2.45, 2.75) is 24.8 Å². The number of aromatic nitrogens is 5. The molecule has 1 saturated heterocycles. The number of hydrogen-bond donors (Lipinski definition) is 2. The number of nitrogens with zero attached hydrogens (tertiary/aromatic N) is 5. The van der Waals surface area contributed by atoms with Crippen LogP contribution in [0.1, 0.15) is 18.5 Å². The maximum absolute atomic E-state index is 14.6. The molecular weight excluding hydrogens is 447 g/mol. The van der Waals surface area contributed by atoms with E-state index in [2.05, 4.69) is 30.5 Å². The first-order valence-corrected chi connectivity index (χ1v) is 9.50. The lowest BCUT2D eigenvalue weighted by molar-refractivity contribution is -0.0456. The van der Waals surface area contributed by atoms with Crippen LogP contribution in [0.15, 0.2) is 24.8 Å². The van der Waals surface area contributed by atoms with Crippen LogP contribution >= 0.6 is 35.6 Å². The zero-order chi connectivity index (χ0) is 19.7. The normalized spacial score (nSPS) is 16.0. The highest BCUT2D eigenvalue weighted by molar-refractivity contribution is 6.34. The predicted molar refractivity (Wildman–Crippen MR) is 110 cm³/mol. The van der Waals surface area contributed by atoms with Crippen LogP contribution in [0.25, 0.3) is 11.0 Å². The van der Waals surface area contributed by atoms with E-state index < -0.39 is 18.2 Å². The molecule has 12 heteroatoms. The standard InChI is InChI=1S/C17H17Cl2F2N7.ClH/c18-10-5-13(19)14(22-6-10)17(20,21)8-28-3-1-11(2-4-28)26-15-12-7-25-27-16(12)24-9-23-15;/h5-7,9,11H,1-4,8H2,(H2,23,24,25,26,27);1H. The van der Waals surface area contributed by atoms with Gasteiger partial charge in [0.25, 0.3) is 0 Å². The zero-order valence-electron chi connectivity index (χ0n) is 15.1. The van der Waals surface area contributed by atoms with E-state index in [9.17, 15) is 8.78 Å². The molecule has 3 aromatic heterocycles. The SMILES string of the molecule is Cl.FC(F)(CN1CCC(Nc2ncnc3[nH]ncc23)CC1)c1ncc(Cl)cc1Cl. The van der Waals surface area contributed by atoms with E-state index in [-0.39, 0.29) is 28.5 Å². The Bertz CT molecular complexity index is 977. The number of aromatic amines is 1. The van der Waals surface area contributed by atoms with Crippen molar-refractivity contribution in [1.29, 1.82) is 0 Å². The van der Waals surface area contributed by atoms with Crippen molar-refractivity contribution < 1.29 is 8.78 Å². The van der Waals surface area contributed by atoms with Gasteiger partial charge in [0.05, 0.1) is 28.2 Å². The molecule has 0 amide bonds. The maximum Gasteiger partial charge on any atom is 0.303 e. The van der Waals surface area contributed by atoms with Gasteiger partial charge in [0.2, 0.25) is 0 Å². The molecule has 1 fully saturated rings. The number of pyridine rings is 1. The van der Waals surface area contributed by atoms with Gasteiger partial charge in [-0.1, -0.05) is 23.2 Å². The Balaban J connectivity index is 0.00000240. The Kier molecular flexibility index (Phi) is 6.72. The number of alkyl halides is 2. The molecule has 29 heavy (non-hydrogen) atoms. The Hall–Kier alpha value is -1.81. The first-order chi connectivity index (χ1) is 13.4. The molecular formula is C17H18Cl3F2N7. The van der Waals surface area contributed by atoms with Gasteiger partial charge in [-0.2, -0.15) is 13.9 Å². The monoisotopic (exact) mass is 463 g/mol. The molecule has 0 aromatic carbocycles. The fraction of sp³-hybridized carbons (Fsp3) is 0.412. The van der Waals surface area contributed by atoms with E-state index in [0.717, 1.165) is 5.39 Å². The highest BCUT2D eigenvalue weighted by Crippen LogP contribution is 2.34. The number of halogens is 5. The van der Waals surface area contributed by atoms with E-state index in [4.69, 9.17) is 23.2 Å². The summed E-state index contributed by atoms with van der Waals surface area (Å²) in [7, 11) is 0. The lowest BCUT2D eigenvalue weighted by Crippen LogP contribution is -2.44. The third-order valence-electron chi connectivity index (χ3n) is 4.75. The van der Waals surface area contributed by atoms with Gasteiger partial charge in [-0.15, -0.1) is 12.4 Å². The minimum Gasteiger partial charge on any atom is -0.367 e. The number of fused-ring (bicyclic) bond motifs is 1. The third kappa shape index (κ3) is 4.85. The molecule has 0 spiro atoms. The van der Waals surface area contributed by atoms with Crippen LogP contribution < -0.4 is 5.32 Å². The van der Waals surface area contributed by atoms with Gasteiger partial charge in [-0.05, 0) is 18.9 Å². The number of anilines is 1. The van der Waals surface area contributed by atoms with Crippen LogP contribution in [0, 0.1) is 0 Å². The van der Waals surface area contributed by atoms with E-state index in [0.29, 0.717) is 37.4 Å². The summed E-state index contributed by atoms with van der Waals surface area (Å²) in [6.07, 6.45) is 5.73. The van der Waals surface area contributed by atoms with Crippen molar-refractivity contribution in [2.24, 2.45) is 0 Å². The van der Waals surface area contributed by atoms with Crippen molar-refractivity contribution in [3.05, 3.63) is 40.5 Å². The van der Waals surface area contributed by atoms with Gasteiger partial charge in [0, 0.05) is 25.3 Å².